The molecule has 0 saturated carbocycles. The average Bonchev–Trinajstić information content (AvgIpc) is 2.86. The largest absolute Gasteiger partial charge is 0.322 e. The number of anilines is 1. The van der Waals surface area contributed by atoms with Crippen LogP contribution in [0.2, 0.25) is 0 Å². The first kappa shape index (κ1) is 11.4. The van der Waals surface area contributed by atoms with Crippen LogP contribution in [0.3, 0.4) is 0 Å². The molecular weight excluding hydrogens is 245 g/mol. The average molecular weight is 255 g/mol. The van der Waals surface area contributed by atoms with Crippen LogP contribution in [0.1, 0.15) is 10.4 Å². The maximum Gasteiger partial charge on any atom is 0.257 e. The van der Waals surface area contributed by atoms with E-state index in [2.05, 4.69) is 15.5 Å². The van der Waals surface area contributed by atoms with Gasteiger partial charge in [-0.2, -0.15) is 5.10 Å². The van der Waals surface area contributed by atoms with Crippen LogP contribution in [-0.2, 0) is 0 Å². The Hall–Kier alpha value is -2.69. The van der Waals surface area contributed by atoms with Gasteiger partial charge in [0, 0.05) is 11.1 Å². The standard InChI is InChI=1S/C14H10FN3O/c15-10-4-2-5-11(7-10)17-14(19)12-6-1-3-9-8-16-18-13(9)12/h1-8H,(H,16,18)(H,17,19). The minimum atomic E-state index is -0.391. The second-order valence-corrected chi connectivity index (χ2v) is 4.10. The molecule has 0 fully saturated rings. The van der Waals surface area contributed by atoms with Crippen LogP contribution >= 0.6 is 0 Å². The molecule has 2 N–H and O–H groups in total. The van der Waals surface area contributed by atoms with Crippen molar-refractivity contribution in [2.24, 2.45) is 0 Å². The van der Waals surface area contributed by atoms with Gasteiger partial charge in [0.15, 0.2) is 0 Å². The summed E-state index contributed by atoms with van der Waals surface area (Å²) in [5.41, 5.74) is 1.55. The molecule has 2 aromatic carbocycles. The van der Waals surface area contributed by atoms with E-state index in [1.165, 1.54) is 12.1 Å². The molecule has 3 rings (SSSR count). The number of hydrogen-bond acceptors (Lipinski definition) is 2. The first-order valence-electron chi connectivity index (χ1n) is 5.73. The van der Waals surface area contributed by atoms with Crippen LogP contribution in [0, 0.1) is 5.82 Å². The lowest BCUT2D eigenvalue weighted by molar-refractivity contribution is 0.102. The van der Waals surface area contributed by atoms with Crippen LogP contribution in [0.4, 0.5) is 10.1 Å². The van der Waals surface area contributed by atoms with E-state index in [9.17, 15) is 9.18 Å². The van der Waals surface area contributed by atoms with Gasteiger partial charge in [-0.15, -0.1) is 0 Å². The zero-order valence-electron chi connectivity index (χ0n) is 9.85. The van der Waals surface area contributed by atoms with E-state index in [0.29, 0.717) is 16.8 Å². The van der Waals surface area contributed by atoms with Crippen molar-refractivity contribution in [1.82, 2.24) is 10.2 Å². The summed E-state index contributed by atoms with van der Waals surface area (Å²) in [6.45, 7) is 0. The molecule has 0 aliphatic heterocycles. The molecule has 0 aliphatic rings. The van der Waals surface area contributed by atoms with Gasteiger partial charge in [-0.1, -0.05) is 18.2 Å². The van der Waals surface area contributed by atoms with E-state index < -0.39 is 5.82 Å². The molecule has 0 aliphatic carbocycles. The van der Waals surface area contributed by atoms with Gasteiger partial charge in [0.25, 0.3) is 5.91 Å². The minimum absolute atomic E-state index is 0.305. The summed E-state index contributed by atoms with van der Waals surface area (Å²) in [4.78, 5) is 12.2. The normalized spacial score (nSPS) is 10.6. The zero-order valence-corrected chi connectivity index (χ0v) is 9.85. The van der Waals surface area contributed by atoms with Gasteiger partial charge in [0.1, 0.15) is 5.82 Å². The Morgan fingerprint density at radius 1 is 1.21 bits per heavy atom. The van der Waals surface area contributed by atoms with Gasteiger partial charge < -0.3 is 5.32 Å². The maximum atomic E-state index is 13.1. The lowest BCUT2D eigenvalue weighted by atomic mass is 10.1. The number of aromatic nitrogens is 2. The molecule has 3 aromatic rings. The first-order valence-corrected chi connectivity index (χ1v) is 5.73. The smallest absolute Gasteiger partial charge is 0.257 e. The highest BCUT2D eigenvalue weighted by molar-refractivity contribution is 6.11. The summed E-state index contributed by atoms with van der Waals surface area (Å²) in [7, 11) is 0. The van der Waals surface area contributed by atoms with E-state index in [4.69, 9.17) is 0 Å². The lowest BCUT2D eigenvalue weighted by Crippen LogP contribution is -2.12. The number of nitrogens with one attached hydrogen (secondary N) is 2. The third-order valence-corrected chi connectivity index (χ3v) is 2.80. The van der Waals surface area contributed by atoms with Crippen molar-refractivity contribution in [1.29, 1.82) is 0 Å². The van der Waals surface area contributed by atoms with Crippen molar-refractivity contribution in [3.05, 3.63) is 60.0 Å². The van der Waals surface area contributed by atoms with E-state index in [1.54, 1.807) is 30.5 Å². The Labute approximate surface area is 108 Å². The summed E-state index contributed by atoms with van der Waals surface area (Å²) in [5.74, 6) is -0.696. The quantitative estimate of drug-likeness (QED) is 0.739. The number of H-pyrrole nitrogens is 1. The Morgan fingerprint density at radius 2 is 2.05 bits per heavy atom. The Kier molecular flexibility index (Phi) is 2.72. The molecule has 0 bridgehead atoms. The van der Waals surface area contributed by atoms with Gasteiger partial charge in [0.2, 0.25) is 0 Å². The molecule has 19 heavy (non-hydrogen) atoms. The molecule has 94 valence electrons. The van der Waals surface area contributed by atoms with Crippen LogP contribution in [-0.4, -0.2) is 16.1 Å². The Bertz CT molecular complexity index is 751. The van der Waals surface area contributed by atoms with E-state index >= 15 is 0 Å². The molecular formula is C14H10FN3O. The summed E-state index contributed by atoms with van der Waals surface area (Å²) in [5, 5.41) is 10.2. The second kappa shape index (κ2) is 4.53. The molecule has 1 heterocycles. The number of halogens is 1. The maximum absolute atomic E-state index is 13.1. The highest BCUT2D eigenvalue weighted by Crippen LogP contribution is 2.17. The van der Waals surface area contributed by atoms with Crippen molar-refractivity contribution in [2.75, 3.05) is 5.32 Å². The Balaban J connectivity index is 1.94. The number of amides is 1. The number of benzene rings is 2. The van der Waals surface area contributed by atoms with E-state index in [0.717, 1.165) is 5.39 Å². The number of fused-ring (bicyclic) bond motifs is 1. The van der Waals surface area contributed by atoms with Gasteiger partial charge in [0.05, 0.1) is 17.3 Å². The van der Waals surface area contributed by atoms with E-state index in [1.807, 2.05) is 6.07 Å². The van der Waals surface area contributed by atoms with Crippen LogP contribution in [0.15, 0.2) is 48.7 Å². The van der Waals surface area contributed by atoms with Gasteiger partial charge in [-0.25, -0.2) is 4.39 Å². The third-order valence-electron chi connectivity index (χ3n) is 2.80. The number of nitrogens with zero attached hydrogens (tertiary/aromatic N) is 1. The molecule has 1 aromatic heterocycles. The second-order valence-electron chi connectivity index (χ2n) is 4.10. The fourth-order valence-corrected chi connectivity index (χ4v) is 1.92. The zero-order chi connectivity index (χ0) is 13.2. The Morgan fingerprint density at radius 3 is 2.89 bits per heavy atom. The lowest BCUT2D eigenvalue weighted by Gasteiger charge is -2.06. The highest BCUT2D eigenvalue weighted by Gasteiger charge is 2.11. The first-order chi connectivity index (χ1) is 9.24. The fourth-order valence-electron chi connectivity index (χ4n) is 1.92. The van der Waals surface area contributed by atoms with Gasteiger partial charge in [-0.05, 0) is 24.3 Å². The number of carbonyl (C=O) groups is 1. The van der Waals surface area contributed by atoms with Gasteiger partial charge >= 0.3 is 0 Å². The summed E-state index contributed by atoms with van der Waals surface area (Å²) < 4.78 is 13.1. The van der Waals surface area contributed by atoms with Crippen LogP contribution in [0.5, 0.6) is 0 Å². The van der Waals surface area contributed by atoms with Crippen molar-refractivity contribution in [3.8, 4) is 0 Å². The third kappa shape index (κ3) is 2.18. The number of hydrogen-bond donors (Lipinski definition) is 2. The SMILES string of the molecule is O=C(Nc1cccc(F)c1)c1cccc2cn[nH]c12. The fraction of sp³-hybridized carbons (Fsp3) is 0. The van der Waals surface area contributed by atoms with Crippen LogP contribution in [0.25, 0.3) is 10.9 Å². The highest BCUT2D eigenvalue weighted by atomic mass is 19.1. The monoisotopic (exact) mass is 255 g/mol. The molecule has 0 unspecified atom stereocenters. The molecule has 1 amide bonds. The molecule has 0 atom stereocenters. The predicted octanol–water partition coefficient (Wildman–Crippen LogP) is 2.95. The predicted molar refractivity (Wildman–Crippen MR) is 70.4 cm³/mol. The van der Waals surface area contributed by atoms with Gasteiger partial charge in [-0.3, -0.25) is 9.89 Å². The topological polar surface area (TPSA) is 57.8 Å². The number of para-hydroxylation sites is 1. The molecule has 0 spiro atoms. The van der Waals surface area contributed by atoms with Crippen molar-refractivity contribution in [2.45, 2.75) is 0 Å². The number of aromatic amines is 1. The summed E-state index contributed by atoms with van der Waals surface area (Å²) in [6.07, 6.45) is 1.65. The summed E-state index contributed by atoms with van der Waals surface area (Å²) >= 11 is 0. The molecule has 4 nitrogen and oxygen atoms in total. The molecule has 0 radical (unpaired) electrons. The molecule has 5 heteroatoms. The molecule has 0 saturated heterocycles. The van der Waals surface area contributed by atoms with E-state index in [-0.39, 0.29) is 5.91 Å². The number of rotatable bonds is 2. The summed E-state index contributed by atoms with van der Waals surface area (Å²) in [6, 6.07) is 11.1. The van der Waals surface area contributed by atoms with Crippen molar-refractivity contribution >= 4 is 22.5 Å². The number of carbonyl (C=O) groups excluding carboxylic acids is 1. The van der Waals surface area contributed by atoms with Crippen molar-refractivity contribution in [3.63, 3.8) is 0 Å². The van der Waals surface area contributed by atoms with Crippen LogP contribution < -0.4 is 5.32 Å². The minimum Gasteiger partial charge on any atom is -0.322 e. The van der Waals surface area contributed by atoms with Crippen molar-refractivity contribution < 1.29 is 9.18 Å².